The molecule has 0 atom stereocenters. The van der Waals surface area contributed by atoms with Gasteiger partial charge in [0.05, 0.1) is 12.1 Å². The van der Waals surface area contributed by atoms with Gasteiger partial charge in [0.15, 0.2) is 6.61 Å². The number of Topliss-reactive ketones (excluding diaryl/α,β-unsaturated/α-hetero) is 1. The number of aryl methyl sites for hydroxylation is 2. The number of hydrogen-bond donors (Lipinski definition) is 0. The lowest BCUT2D eigenvalue weighted by Crippen LogP contribution is -2.18. The van der Waals surface area contributed by atoms with Crippen molar-refractivity contribution < 1.29 is 14.3 Å². The molecule has 144 valence electrons. The van der Waals surface area contributed by atoms with Crippen LogP contribution in [0.25, 0.3) is 10.6 Å². The first-order valence-electron chi connectivity index (χ1n) is 8.98. The number of thiazole rings is 1. The fourth-order valence-electron chi connectivity index (χ4n) is 3.14. The minimum atomic E-state index is -0.462. The maximum absolute atomic E-state index is 12.6. The number of esters is 1. The Morgan fingerprint density at radius 3 is 2.61 bits per heavy atom. The van der Waals surface area contributed by atoms with Gasteiger partial charge in [-0.05, 0) is 62.1 Å². The van der Waals surface area contributed by atoms with E-state index in [1.165, 1.54) is 11.3 Å². The fraction of sp³-hybridized carbons (Fsp3) is 0.273. The zero-order valence-corrected chi connectivity index (χ0v) is 17.2. The molecule has 0 saturated heterocycles. The molecule has 28 heavy (non-hydrogen) atoms. The zero-order valence-electron chi connectivity index (χ0n) is 16.4. The van der Waals surface area contributed by atoms with E-state index in [4.69, 9.17) is 4.74 Å². The van der Waals surface area contributed by atoms with Crippen LogP contribution in [-0.4, -0.2) is 28.3 Å². The smallest absolute Gasteiger partial charge is 0.312 e. The maximum atomic E-state index is 12.6. The second-order valence-electron chi connectivity index (χ2n) is 6.78. The molecule has 5 nitrogen and oxygen atoms in total. The van der Waals surface area contributed by atoms with Gasteiger partial charge in [0.1, 0.15) is 5.01 Å². The molecule has 1 aromatic carbocycles. The predicted molar refractivity (Wildman–Crippen MR) is 110 cm³/mol. The molecule has 0 spiro atoms. The number of pyridine rings is 1. The molecule has 2 heterocycles. The van der Waals surface area contributed by atoms with Crippen LogP contribution in [-0.2, 0) is 16.0 Å². The van der Waals surface area contributed by atoms with Crippen molar-refractivity contribution in [1.82, 2.24) is 9.97 Å². The fourth-order valence-corrected chi connectivity index (χ4v) is 3.95. The number of ketones is 1. The molecular weight excluding hydrogens is 372 g/mol. The van der Waals surface area contributed by atoms with Gasteiger partial charge in [-0.1, -0.05) is 6.07 Å². The first kappa shape index (κ1) is 19.9. The minimum absolute atomic E-state index is 0.0366. The molecule has 0 aliphatic carbocycles. The van der Waals surface area contributed by atoms with Gasteiger partial charge >= 0.3 is 5.97 Å². The van der Waals surface area contributed by atoms with Crippen molar-refractivity contribution in [1.29, 1.82) is 0 Å². The number of hydrogen-bond acceptors (Lipinski definition) is 6. The molecule has 0 fully saturated rings. The van der Waals surface area contributed by atoms with Gasteiger partial charge in [0.25, 0.3) is 0 Å². The van der Waals surface area contributed by atoms with Crippen molar-refractivity contribution in [3.8, 4) is 10.6 Å². The van der Waals surface area contributed by atoms with E-state index in [-0.39, 0.29) is 18.8 Å². The van der Waals surface area contributed by atoms with Gasteiger partial charge in [-0.15, -0.1) is 11.3 Å². The lowest BCUT2D eigenvalue weighted by molar-refractivity contribution is -0.141. The quantitative estimate of drug-likeness (QED) is 0.458. The summed E-state index contributed by atoms with van der Waals surface area (Å²) in [4.78, 5) is 33.3. The third-order valence-electron chi connectivity index (χ3n) is 4.79. The third kappa shape index (κ3) is 4.34. The molecule has 2 aromatic heterocycles. The highest BCUT2D eigenvalue weighted by molar-refractivity contribution is 7.13. The number of benzene rings is 1. The van der Waals surface area contributed by atoms with Crippen LogP contribution in [0.5, 0.6) is 0 Å². The van der Waals surface area contributed by atoms with Crippen molar-refractivity contribution in [3.63, 3.8) is 0 Å². The van der Waals surface area contributed by atoms with Gasteiger partial charge in [-0.2, -0.15) is 0 Å². The first-order chi connectivity index (χ1) is 13.4. The molecule has 0 aliphatic rings. The van der Waals surface area contributed by atoms with E-state index in [1.807, 2.05) is 51.3 Å². The van der Waals surface area contributed by atoms with Crippen LogP contribution in [0.15, 0.2) is 36.0 Å². The van der Waals surface area contributed by atoms with E-state index in [2.05, 4.69) is 9.97 Å². The van der Waals surface area contributed by atoms with Gasteiger partial charge in [0, 0.05) is 28.9 Å². The number of nitrogens with zero attached hydrogens (tertiary/aromatic N) is 2. The van der Waals surface area contributed by atoms with Crippen LogP contribution in [0, 0.1) is 27.7 Å². The Labute approximate surface area is 168 Å². The number of carbonyl (C=O) groups is 2. The summed E-state index contributed by atoms with van der Waals surface area (Å²) >= 11 is 1.45. The van der Waals surface area contributed by atoms with Crippen LogP contribution in [0.3, 0.4) is 0 Å². The van der Waals surface area contributed by atoms with E-state index >= 15 is 0 Å². The number of ether oxygens (including phenoxy) is 1. The van der Waals surface area contributed by atoms with E-state index in [0.29, 0.717) is 11.3 Å². The van der Waals surface area contributed by atoms with Crippen LogP contribution in [0.2, 0.25) is 0 Å². The lowest BCUT2D eigenvalue weighted by Gasteiger charge is -2.14. The van der Waals surface area contributed by atoms with Crippen molar-refractivity contribution in [2.45, 2.75) is 34.1 Å². The molecule has 0 unspecified atom stereocenters. The van der Waals surface area contributed by atoms with Crippen molar-refractivity contribution in [2.75, 3.05) is 6.61 Å². The minimum Gasteiger partial charge on any atom is -0.457 e. The molecule has 0 bridgehead atoms. The standard InChI is InChI=1S/C22H22N2O3S/c1-13-8-14(2)21(16(4)15(13)3)19(25)11-27-20(26)9-18-12-28-22(24-18)17-6-5-7-23-10-17/h5-8,10,12H,9,11H2,1-4H3. The average molecular weight is 394 g/mol. The Morgan fingerprint density at radius 1 is 1.11 bits per heavy atom. The number of rotatable bonds is 6. The highest BCUT2D eigenvalue weighted by atomic mass is 32.1. The zero-order chi connectivity index (χ0) is 20.3. The number of aromatic nitrogens is 2. The third-order valence-corrected chi connectivity index (χ3v) is 5.73. The first-order valence-corrected chi connectivity index (χ1v) is 9.85. The van der Waals surface area contributed by atoms with E-state index in [0.717, 1.165) is 32.8 Å². The summed E-state index contributed by atoms with van der Waals surface area (Å²) in [7, 11) is 0. The Kier molecular flexibility index (Phi) is 5.99. The molecular formula is C22H22N2O3S. The summed E-state index contributed by atoms with van der Waals surface area (Å²) < 4.78 is 5.22. The molecule has 3 rings (SSSR count). The van der Waals surface area contributed by atoms with Crippen molar-refractivity contribution >= 4 is 23.1 Å². The molecule has 0 saturated carbocycles. The molecule has 3 aromatic rings. The normalized spacial score (nSPS) is 10.7. The highest BCUT2D eigenvalue weighted by Gasteiger charge is 2.18. The van der Waals surface area contributed by atoms with Crippen molar-refractivity contribution in [2.24, 2.45) is 0 Å². The summed E-state index contributed by atoms with van der Waals surface area (Å²) in [6.07, 6.45) is 3.47. The monoisotopic (exact) mass is 394 g/mol. The molecule has 0 radical (unpaired) electrons. The van der Waals surface area contributed by atoms with E-state index in [9.17, 15) is 9.59 Å². The number of carbonyl (C=O) groups excluding carboxylic acids is 2. The average Bonchev–Trinajstić information content (AvgIpc) is 3.14. The van der Waals surface area contributed by atoms with Crippen molar-refractivity contribution in [3.05, 3.63) is 69.5 Å². The SMILES string of the molecule is Cc1cc(C)c(C(=O)COC(=O)Cc2csc(-c3cccnc3)n2)c(C)c1C. The molecule has 0 N–H and O–H groups in total. The van der Waals surface area contributed by atoms with E-state index in [1.54, 1.807) is 12.4 Å². The van der Waals surface area contributed by atoms with Crippen LogP contribution in [0.4, 0.5) is 0 Å². The van der Waals surface area contributed by atoms with Crippen LogP contribution in [0.1, 0.15) is 38.3 Å². The summed E-state index contributed by atoms with van der Waals surface area (Å²) in [5, 5.41) is 2.62. The molecule has 0 aliphatic heterocycles. The van der Waals surface area contributed by atoms with Gasteiger partial charge in [-0.3, -0.25) is 14.6 Å². The summed E-state index contributed by atoms with van der Waals surface area (Å²) in [6.45, 7) is 7.60. The van der Waals surface area contributed by atoms with Gasteiger partial charge in [-0.25, -0.2) is 4.98 Å². The summed E-state index contributed by atoms with van der Waals surface area (Å²) in [5.74, 6) is -0.642. The summed E-state index contributed by atoms with van der Waals surface area (Å²) in [6, 6.07) is 5.75. The van der Waals surface area contributed by atoms with Gasteiger partial charge in [0.2, 0.25) is 5.78 Å². The predicted octanol–water partition coefficient (Wildman–Crippen LogP) is 4.41. The second-order valence-corrected chi connectivity index (χ2v) is 7.64. The second kappa shape index (κ2) is 8.44. The highest BCUT2D eigenvalue weighted by Crippen LogP contribution is 2.24. The summed E-state index contributed by atoms with van der Waals surface area (Å²) in [5.41, 5.74) is 6.26. The molecule has 0 amide bonds. The largest absolute Gasteiger partial charge is 0.457 e. The Morgan fingerprint density at radius 2 is 1.89 bits per heavy atom. The van der Waals surface area contributed by atoms with Crippen LogP contribution < -0.4 is 0 Å². The Hall–Kier alpha value is -2.86. The topological polar surface area (TPSA) is 69.2 Å². The maximum Gasteiger partial charge on any atom is 0.312 e. The molecule has 6 heteroatoms. The van der Waals surface area contributed by atoms with Gasteiger partial charge < -0.3 is 4.74 Å². The lowest BCUT2D eigenvalue weighted by atomic mass is 9.92. The van der Waals surface area contributed by atoms with E-state index < -0.39 is 5.97 Å². The Balaban J connectivity index is 1.62. The Bertz CT molecular complexity index is 1030. The van der Waals surface area contributed by atoms with Crippen LogP contribution >= 0.6 is 11.3 Å².